The Kier molecular flexibility index (Phi) is 4.05. The number of benzene rings is 1. The number of amides is 1. The predicted molar refractivity (Wildman–Crippen MR) is 53.2 cm³/mol. The first kappa shape index (κ1) is 11.5. The Morgan fingerprint density at radius 1 is 1.53 bits per heavy atom. The van der Waals surface area contributed by atoms with Gasteiger partial charge in [0.15, 0.2) is 0 Å². The minimum Gasteiger partial charge on any atom is -0.447 e. The van der Waals surface area contributed by atoms with Gasteiger partial charge in [-0.2, -0.15) is 0 Å². The van der Waals surface area contributed by atoms with Crippen LogP contribution < -0.4 is 4.90 Å². The minimum absolute atomic E-state index is 0.0996. The first-order valence-electron chi connectivity index (χ1n) is 4.42. The summed E-state index contributed by atoms with van der Waals surface area (Å²) in [6.45, 7) is -0.353. The Morgan fingerprint density at radius 3 is 2.80 bits per heavy atom. The molecular weight excluding hydrogens is 201 g/mol. The molecule has 0 bridgehead atoms. The molecule has 0 aliphatic heterocycles. The van der Waals surface area contributed by atoms with Crippen molar-refractivity contribution in [2.75, 3.05) is 25.2 Å². The van der Waals surface area contributed by atoms with Crippen molar-refractivity contribution in [1.82, 2.24) is 0 Å². The van der Waals surface area contributed by atoms with Crippen molar-refractivity contribution in [2.45, 2.75) is 0 Å². The van der Waals surface area contributed by atoms with Crippen LogP contribution in [0.4, 0.5) is 14.9 Å². The van der Waals surface area contributed by atoms with Gasteiger partial charge in [-0.1, -0.05) is 12.1 Å². The van der Waals surface area contributed by atoms with Gasteiger partial charge >= 0.3 is 6.09 Å². The number of ether oxygens (including phenoxy) is 1. The molecule has 0 aliphatic carbocycles. The van der Waals surface area contributed by atoms with Crippen LogP contribution >= 0.6 is 0 Å². The van der Waals surface area contributed by atoms with Gasteiger partial charge in [-0.05, 0) is 12.1 Å². The van der Waals surface area contributed by atoms with E-state index in [-0.39, 0.29) is 18.9 Å². The first-order valence-corrected chi connectivity index (χ1v) is 4.42. The second-order valence-electron chi connectivity index (χ2n) is 2.85. The lowest BCUT2D eigenvalue weighted by atomic mass is 10.3. The summed E-state index contributed by atoms with van der Waals surface area (Å²) < 4.78 is 17.9. The largest absolute Gasteiger partial charge is 0.447 e. The molecule has 0 radical (unpaired) electrons. The molecule has 82 valence electrons. The number of halogens is 1. The Bertz CT molecular complexity index is 343. The van der Waals surface area contributed by atoms with Crippen molar-refractivity contribution in [1.29, 1.82) is 0 Å². The van der Waals surface area contributed by atoms with Crippen molar-refractivity contribution in [3.8, 4) is 0 Å². The van der Waals surface area contributed by atoms with E-state index in [1.54, 1.807) is 6.07 Å². The monoisotopic (exact) mass is 213 g/mol. The molecule has 0 saturated carbocycles. The van der Waals surface area contributed by atoms with Crippen LogP contribution in [0.25, 0.3) is 0 Å². The molecule has 15 heavy (non-hydrogen) atoms. The Labute approximate surface area is 86.9 Å². The van der Waals surface area contributed by atoms with Crippen LogP contribution in [0, 0.1) is 5.82 Å². The smallest absolute Gasteiger partial charge is 0.414 e. The van der Waals surface area contributed by atoms with E-state index in [9.17, 15) is 9.18 Å². The van der Waals surface area contributed by atoms with Crippen molar-refractivity contribution in [3.63, 3.8) is 0 Å². The highest BCUT2D eigenvalue weighted by atomic mass is 19.1. The Hall–Kier alpha value is -1.62. The maximum Gasteiger partial charge on any atom is 0.414 e. The molecule has 4 nitrogen and oxygen atoms in total. The van der Waals surface area contributed by atoms with Crippen LogP contribution in [0.1, 0.15) is 0 Å². The molecule has 1 rings (SSSR count). The zero-order chi connectivity index (χ0) is 11.3. The number of carbonyl (C=O) groups is 1. The second kappa shape index (κ2) is 5.31. The van der Waals surface area contributed by atoms with Gasteiger partial charge in [0.05, 0.1) is 12.3 Å². The summed E-state index contributed by atoms with van der Waals surface area (Å²) in [6.07, 6.45) is -0.700. The molecule has 5 heteroatoms. The first-order chi connectivity index (χ1) is 7.16. The summed E-state index contributed by atoms with van der Waals surface area (Å²) in [6, 6.07) is 5.88. The summed E-state index contributed by atoms with van der Waals surface area (Å²) >= 11 is 0. The molecule has 1 amide bonds. The number of nitrogens with zero attached hydrogens (tertiary/aromatic N) is 1. The zero-order valence-electron chi connectivity index (χ0n) is 8.31. The second-order valence-corrected chi connectivity index (χ2v) is 2.85. The maximum absolute atomic E-state index is 13.2. The van der Waals surface area contributed by atoms with E-state index >= 15 is 0 Å². The highest BCUT2D eigenvalue weighted by molar-refractivity contribution is 5.87. The number of aliphatic hydroxyl groups excluding tert-OH is 1. The van der Waals surface area contributed by atoms with Crippen molar-refractivity contribution in [2.24, 2.45) is 0 Å². The van der Waals surface area contributed by atoms with Crippen LogP contribution in [-0.2, 0) is 4.74 Å². The fourth-order valence-electron chi connectivity index (χ4n) is 1.05. The van der Waals surface area contributed by atoms with Gasteiger partial charge in [-0.3, -0.25) is 4.90 Å². The van der Waals surface area contributed by atoms with Gasteiger partial charge in [-0.15, -0.1) is 0 Å². The number of hydrogen-bond acceptors (Lipinski definition) is 3. The maximum atomic E-state index is 13.2. The van der Waals surface area contributed by atoms with Crippen LogP contribution in [-0.4, -0.2) is 31.5 Å². The number of aliphatic hydroxyl groups is 1. The van der Waals surface area contributed by atoms with Gasteiger partial charge in [0.1, 0.15) is 12.4 Å². The molecule has 0 atom stereocenters. The number of carbonyl (C=O) groups excluding carboxylic acids is 1. The Morgan fingerprint density at radius 2 is 2.20 bits per heavy atom. The summed E-state index contributed by atoms with van der Waals surface area (Å²) in [5.41, 5.74) is 0.139. The summed E-state index contributed by atoms with van der Waals surface area (Å²) in [5, 5.41) is 8.45. The van der Waals surface area contributed by atoms with Gasteiger partial charge in [0.25, 0.3) is 0 Å². The third kappa shape index (κ3) is 2.92. The molecule has 0 unspecified atom stereocenters. The zero-order valence-corrected chi connectivity index (χ0v) is 8.31. The van der Waals surface area contributed by atoms with Crippen molar-refractivity contribution >= 4 is 11.8 Å². The van der Waals surface area contributed by atoms with E-state index in [4.69, 9.17) is 5.11 Å². The summed E-state index contributed by atoms with van der Waals surface area (Å²) in [4.78, 5) is 12.3. The number of anilines is 1. The van der Waals surface area contributed by atoms with Gasteiger partial charge in [0.2, 0.25) is 0 Å². The molecule has 0 fully saturated rings. The average Bonchev–Trinajstić information content (AvgIpc) is 2.25. The van der Waals surface area contributed by atoms with Gasteiger partial charge in [0, 0.05) is 7.05 Å². The lowest BCUT2D eigenvalue weighted by Crippen LogP contribution is -2.28. The molecule has 0 saturated heterocycles. The quantitative estimate of drug-likeness (QED) is 0.825. The van der Waals surface area contributed by atoms with Crippen molar-refractivity contribution < 1.29 is 19.0 Å². The molecule has 0 aliphatic rings. The van der Waals surface area contributed by atoms with E-state index in [1.165, 1.54) is 25.2 Å². The fraction of sp³-hybridized carbons (Fsp3) is 0.300. The van der Waals surface area contributed by atoms with Gasteiger partial charge < -0.3 is 9.84 Å². The SMILES string of the molecule is CN(C(=O)OCCO)c1ccccc1F. The fourth-order valence-corrected chi connectivity index (χ4v) is 1.05. The van der Waals surface area contributed by atoms with Crippen LogP contribution in [0.5, 0.6) is 0 Å². The predicted octanol–water partition coefficient (Wildman–Crippen LogP) is 1.39. The third-order valence-corrected chi connectivity index (χ3v) is 1.80. The van der Waals surface area contributed by atoms with E-state index in [0.29, 0.717) is 0 Å². The molecular formula is C10H12FNO3. The highest BCUT2D eigenvalue weighted by Crippen LogP contribution is 2.17. The number of rotatable bonds is 3. The van der Waals surface area contributed by atoms with E-state index in [0.717, 1.165) is 4.90 Å². The average molecular weight is 213 g/mol. The molecule has 0 spiro atoms. The Balaban J connectivity index is 2.72. The molecule has 1 N–H and O–H groups in total. The van der Waals surface area contributed by atoms with E-state index in [2.05, 4.69) is 4.74 Å². The van der Waals surface area contributed by atoms with Crippen LogP contribution in [0.3, 0.4) is 0 Å². The summed E-state index contributed by atoms with van der Waals surface area (Å²) in [5.74, 6) is -0.499. The molecule has 0 heterocycles. The topological polar surface area (TPSA) is 49.8 Å². The third-order valence-electron chi connectivity index (χ3n) is 1.80. The lowest BCUT2D eigenvalue weighted by molar-refractivity contribution is 0.126. The summed E-state index contributed by atoms with van der Waals surface area (Å²) in [7, 11) is 1.40. The lowest BCUT2D eigenvalue weighted by Gasteiger charge is -2.17. The van der Waals surface area contributed by atoms with E-state index in [1.807, 2.05) is 0 Å². The molecule has 0 aromatic heterocycles. The van der Waals surface area contributed by atoms with Crippen molar-refractivity contribution in [3.05, 3.63) is 30.1 Å². The standard InChI is InChI=1S/C10H12FNO3/c1-12(10(14)15-7-6-13)9-5-3-2-4-8(9)11/h2-5,13H,6-7H2,1H3. The van der Waals surface area contributed by atoms with Crippen LogP contribution in [0.15, 0.2) is 24.3 Å². The molecule has 1 aromatic rings. The van der Waals surface area contributed by atoms with Crippen LogP contribution in [0.2, 0.25) is 0 Å². The van der Waals surface area contributed by atoms with Gasteiger partial charge in [-0.25, -0.2) is 9.18 Å². The van der Waals surface area contributed by atoms with E-state index < -0.39 is 11.9 Å². The number of para-hydroxylation sites is 1. The molecule has 1 aromatic carbocycles. The minimum atomic E-state index is -0.700. The number of hydrogen-bond donors (Lipinski definition) is 1. The normalized spacial score (nSPS) is 9.80. The highest BCUT2D eigenvalue weighted by Gasteiger charge is 2.14.